The van der Waals surface area contributed by atoms with Gasteiger partial charge in [-0.25, -0.2) is 0 Å². The Morgan fingerprint density at radius 2 is 1.46 bits per heavy atom. The van der Waals surface area contributed by atoms with Gasteiger partial charge < -0.3 is 4.74 Å². The number of fused-ring (bicyclic) bond motifs is 1. The molecule has 0 aliphatic heterocycles. The monoisotopic (exact) mass is 511 g/mol. The minimum atomic E-state index is -3.94. The topological polar surface area (TPSA) is 98.5 Å². The molecule has 9 heteroatoms. The van der Waals surface area contributed by atoms with Gasteiger partial charge in [0, 0.05) is 5.56 Å². The lowest BCUT2D eigenvalue weighted by molar-refractivity contribution is 0.188. The molecule has 0 fully saturated rings. The van der Waals surface area contributed by atoms with Crippen LogP contribution in [0.4, 0.5) is 0 Å². The van der Waals surface area contributed by atoms with E-state index in [1.54, 1.807) is 28.9 Å². The van der Waals surface area contributed by atoms with Gasteiger partial charge in [-0.05, 0) is 50.2 Å². The number of ether oxygens (including phenoxy) is 1. The molecule has 1 heterocycles. The lowest BCUT2D eigenvalue weighted by Crippen LogP contribution is -2.30. The van der Waals surface area contributed by atoms with E-state index in [0.29, 0.717) is 28.1 Å². The van der Waals surface area contributed by atoms with Gasteiger partial charge in [0.15, 0.2) is 0 Å². The Hall–Kier alpha value is -4.50. The van der Waals surface area contributed by atoms with E-state index in [2.05, 4.69) is 20.2 Å². The van der Waals surface area contributed by atoms with E-state index < -0.39 is 16.3 Å². The number of sulfonamides is 1. The van der Waals surface area contributed by atoms with Gasteiger partial charge in [-0.2, -0.15) is 23.0 Å². The summed E-state index contributed by atoms with van der Waals surface area (Å²) in [5.41, 5.74) is 4.37. The van der Waals surface area contributed by atoms with Crippen LogP contribution in [0, 0.1) is 13.8 Å². The molecule has 1 unspecified atom stereocenters. The largest absolute Gasteiger partial charge is 0.463 e. The van der Waals surface area contributed by atoms with E-state index in [0.717, 1.165) is 11.1 Å². The van der Waals surface area contributed by atoms with E-state index >= 15 is 0 Å². The third-order valence-corrected chi connectivity index (χ3v) is 7.01. The SMILES string of the molecule is Cc1ccc(/C(=N\NS(=O)(=O)c2ccc(C)cc2)C(Oc2ccccc2)n2nnc3ccccc32)cc1. The molecule has 4 aromatic carbocycles. The van der Waals surface area contributed by atoms with Crippen LogP contribution in [0.2, 0.25) is 0 Å². The summed E-state index contributed by atoms with van der Waals surface area (Å²) in [6.45, 7) is 3.87. The van der Waals surface area contributed by atoms with Crippen molar-refractivity contribution in [1.29, 1.82) is 0 Å². The molecular weight excluding hydrogens is 486 g/mol. The Morgan fingerprint density at radius 1 is 0.838 bits per heavy atom. The lowest BCUT2D eigenvalue weighted by Gasteiger charge is -2.22. The van der Waals surface area contributed by atoms with Crippen molar-refractivity contribution in [2.24, 2.45) is 5.10 Å². The van der Waals surface area contributed by atoms with Crippen LogP contribution >= 0.6 is 0 Å². The first-order chi connectivity index (χ1) is 17.9. The fourth-order valence-corrected chi connectivity index (χ4v) is 4.59. The van der Waals surface area contributed by atoms with Crippen molar-refractivity contribution in [2.75, 3.05) is 0 Å². The molecule has 0 aliphatic carbocycles. The quantitative estimate of drug-likeness (QED) is 0.233. The first-order valence-electron chi connectivity index (χ1n) is 11.7. The summed E-state index contributed by atoms with van der Waals surface area (Å²) in [6, 6.07) is 30.9. The Morgan fingerprint density at radius 3 is 2.16 bits per heavy atom. The molecule has 5 rings (SSSR count). The minimum Gasteiger partial charge on any atom is -0.463 e. The third-order valence-electron chi connectivity index (χ3n) is 5.79. The second-order valence-corrected chi connectivity index (χ2v) is 10.2. The number of nitrogens with zero attached hydrogens (tertiary/aromatic N) is 4. The molecule has 0 saturated heterocycles. The van der Waals surface area contributed by atoms with Crippen molar-refractivity contribution in [2.45, 2.75) is 25.0 Å². The smallest absolute Gasteiger partial charge is 0.276 e. The van der Waals surface area contributed by atoms with Gasteiger partial charge in [0.25, 0.3) is 10.0 Å². The number of para-hydroxylation sites is 2. The maximum atomic E-state index is 13.1. The minimum absolute atomic E-state index is 0.108. The molecule has 186 valence electrons. The Balaban J connectivity index is 1.65. The van der Waals surface area contributed by atoms with E-state index in [-0.39, 0.29) is 4.90 Å². The summed E-state index contributed by atoms with van der Waals surface area (Å²) in [5.74, 6) is 0.563. The molecular formula is C28H25N5O3S. The highest BCUT2D eigenvalue weighted by Crippen LogP contribution is 2.25. The summed E-state index contributed by atoms with van der Waals surface area (Å²) in [6.07, 6.45) is -0.932. The summed E-state index contributed by atoms with van der Waals surface area (Å²) in [4.78, 5) is 2.51. The molecule has 0 amide bonds. The van der Waals surface area contributed by atoms with Crippen LogP contribution in [0.5, 0.6) is 5.75 Å². The fourth-order valence-electron chi connectivity index (χ4n) is 3.78. The highest BCUT2D eigenvalue weighted by molar-refractivity contribution is 7.89. The number of aromatic nitrogens is 3. The zero-order valence-electron chi connectivity index (χ0n) is 20.3. The van der Waals surface area contributed by atoms with Crippen LogP contribution < -0.4 is 9.57 Å². The summed E-state index contributed by atoms with van der Waals surface area (Å²) >= 11 is 0. The molecule has 0 spiro atoms. The zero-order chi connectivity index (χ0) is 25.8. The molecule has 5 aromatic rings. The third kappa shape index (κ3) is 5.36. The average Bonchev–Trinajstić information content (AvgIpc) is 3.34. The molecule has 0 saturated carbocycles. The molecule has 37 heavy (non-hydrogen) atoms. The first kappa shape index (κ1) is 24.2. The number of hydrazone groups is 1. The molecule has 0 bridgehead atoms. The Labute approximate surface area is 215 Å². The molecule has 1 aromatic heterocycles. The van der Waals surface area contributed by atoms with Crippen LogP contribution in [0.3, 0.4) is 0 Å². The van der Waals surface area contributed by atoms with Crippen LogP contribution in [0.1, 0.15) is 22.9 Å². The van der Waals surface area contributed by atoms with Crippen molar-refractivity contribution in [3.05, 3.63) is 120 Å². The first-order valence-corrected chi connectivity index (χ1v) is 13.1. The van der Waals surface area contributed by atoms with E-state index in [4.69, 9.17) is 4.74 Å². The van der Waals surface area contributed by atoms with Crippen molar-refractivity contribution >= 4 is 26.8 Å². The predicted octanol–water partition coefficient (Wildman–Crippen LogP) is 5.01. The maximum Gasteiger partial charge on any atom is 0.276 e. The van der Waals surface area contributed by atoms with Gasteiger partial charge in [0.2, 0.25) is 6.23 Å². The Bertz CT molecular complexity index is 1650. The van der Waals surface area contributed by atoms with E-state index in [1.807, 2.05) is 92.7 Å². The Kier molecular flexibility index (Phi) is 6.70. The fraction of sp³-hybridized carbons (Fsp3) is 0.107. The van der Waals surface area contributed by atoms with Gasteiger partial charge >= 0.3 is 0 Å². The molecule has 1 atom stereocenters. The second kappa shape index (κ2) is 10.2. The van der Waals surface area contributed by atoms with Gasteiger partial charge in [0.1, 0.15) is 17.0 Å². The molecule has 1 N–H and O–H groups in total. The van der Waals surface area contributed by atoms with Gasteiger partial charge in [-0.15, -0.1) is 5.10 Å². The summed E-state index contributed by atoms with van der Waals surface area (Å²) < 4.78 is 34.2. The van der Waals surface area contributed by atoms with E-state index in [1.165, 1.54) is 0 Å². The number of hydrogen-bond acceptors (Lipinski definition) is 6. The predicted molar refractivity (Wildman–Crippen MR) is 143 cm³/mol. The van der Waals surface area contributed by atoms with Crippen molar-refractivity contribution in [3.8, 4) is 5.75 Å². The second-order valence-electron chi connectivity index (χ2n) is 8.58. The van der Waals surface area contributed by atoms with Crippen LogP contribution in [0.15, 0.2) is 113 Å². The zero-order valence-corrected chi connectivity index (χ0v) is 21.1. The number of hydrogen-bond donors (Lipinski definition) is 1. The number of rotatable bonds is 8. The number of benzene rings is 4. The summed E-state index contributed by atoms with van der Waals surface area (Å²) in [7, 11) is -3.94. The molecule has 8 nitrogen and oxygen atoms in total. The van der Waals surface area contributed by atoms with Crippen molar-refractivity contribution < 1.29 is 13.2 Å². The number of nitrogens with one attached hydrogen (secondary N) is 1. The molecule has 0 aliphatic rings. The van der Waals surface area contributed by atoms with Crippen molar-refractivity contribution in [1.82, 2.24) is 19.8 Å². The maximum absolute atomic E-state index is 13.1. The number of aryl methyl sites for hydroxylation is 2. The summed E-state index contributed by atoms with van der Waals surface area (Å²) in [5, 5.41) is 13.0. The lowest BCUT2D eigenvalue weighted by atomic mass is 10.1. The highest BCUT2D eigenvalue weighted by atomic mass is 32.2. The van der Waals surface area contributed by atoms with Crippen LogP contribution in [-0.4, -0.2) is 29.1 Å². The van der Waals surface area contributed by atoms with E-state index in [9.17, 15) is 8.42 Å². The van der Waals surface area contributed by atoms with Gasteiger partial charge in [-0.1, -0.05) is 83.1 Å². The van der Waals surface area contributed by atoms with Crippen LogP contribution in [-0.2, 0) is 10.0 Å². The highest BCUT2D eigenvalue weighted by Gasteiger charge is 2.27. The van der Waals surface area contributed by atoms with Crippen molar-refractivity contribution in [3.63, 3.8) is 0 Å². The van der Waals surface area contributed by atoms with Gasteiger partial charge in [0.05, 0.1) is 10.4 Å². The normalized spacial score (nSPS) is 12.9. The van der Waals surface area contributed by atoms with Gasteiger partial charge in [-0.3, -0.25) is 0 Å². The average molecular weight is 512 g/mol. The standard InChI is InChI=1S/C28H25N5O3S/c1-20-12-16-22(17-13-20)27(30-32-37(34,35)24-18-14-21(2)15-19-24)28(36-23-8-4-3-5-9-23)33-26-11-7-6-10-25(26)29-31-33/h3-19,28,32H,1-2H3/b30-27+. The molecule has 0 radical (unpaired) electrons. The van der Waals surface area contributed by atoms with Crippen LogP contribution in [0.25, 0.3) is 11.0 Å².